The Hall–Kier alpha value is -1.32. The Morgan fingerprint density at radius 3 is 2.53 bits per heavy atom. The van der Waals surface area contributed by atoms with E-state index >= 15 is 0 Å². The normalized spacial score (nSPS) is 12.4. The maximum atomic E-state index is 12.4. The van der Waals surface area contributed by atoms with Gasteiger partial charge in [0.25, 0.3) is 0 Å². The zero-order valence-electron chi connectivity index (χ0n) is 10.9. The van der Waals surface area contributed by atoms with Gasteiger partial charge in [0.05, 0.1) is 16.6 Å². The summed E-state index contributed by atoms with van der Waals surface area (Å²) in [6, 6.07) is 11.1. The van der Waals surface area contributed by atoms with Gasteiger partial charge in [-0.3, -0.25) is 4.21 Å². The molecule has 100 valence electrons. The summed E-state index contributed by atoms with van der Waals surface area (Å²) >= 11 is 6.09. The molecule has 2 N–H and O–H groups in total. The van der Waals surface area contributed by atoms with Gasteiger partial charge >= 0.3 is 0 Å². The summed E-state index contributed by atoms with van der Waals surface area (Å²) in [5.74, 6) is 0.381. The predicted molar refractivity (Wildman–Crippen MR) is 81.9 cm³/mol. The van der Waals surface area contributed by atoms with E-state index in [1.807, 2.05) is 32.0 Å². The number of halogens is 1. The molecule has 2 nitrogen and oxygen atoms in total. The minimum atomic E-state index is -1.11. The molecule has 2 aromatic carbocycles. The van der Waals surface area contributed by atoms with Crippen LogP contribution in [-0.4, -0.2) is 4.21 Å². The molecule has 2 rings (SSSR count). The Balaban J connectivity index is 2.25. The second-order valence-corrected chi connectivity index (χ2v) is 6.45. The molecule has 0 amide bonds. The minimum absolute atomic E-state index is 0.381. The van der Waals surface area contributed by atoms with Crippen LogP contribution < -0.4 is 5.73 Å². The average Bonchev–Trinajstić information content (AvgIpc) is 2.37. The van der Waals surface area contributed by atoms with Crippen LogP contribution in [0.1, 0.15) is 16.7 Å². The van der Waals surface area contributed by atoms with Gasteiger partial charge in [0.2, 0.25) is 0 Å². The van der Waals surface area contributed by atoms with Crippen LogP contribution in [0.15, 0.2) is 41.3 Å². The molecule has 1 unspecified atom stereocenters. The number of rotatable bonds is 3. The van der Waals surface area contributed by atoms with Gasteiger partial charge < -0.3 is 5.73 Å². The first kappa shape index (κ1) is 14.1. The highest BCUT2D eigenvalue weighted by atomic mass is 35.5. The van der Waals surface area contributed by atoms with E-state index in [1.165, 1.54) is 5.56 Å². The van der Waals surface area contributed by atoms with E-state index in [-0.39, 0.29) is 0 Å². The number of nitrogens with two attached hydrogens (primary N) is 1. The van der Waals surface area contributed by atoms with Crippen molar-refractivity contribution in [3.8, 4) is 0 Å². The fourth-order valence-electron chi connectivity index (χ4n) is 1.79. The van der Waals surface area contributed by atoms with Crippen LogP contribution in [0.5, 0.6) is 0 Å². The van der Waals surface area contributed by atoms with Gasteiger partial charge in [-0.25, -0.2) is 0 Å². The molecule has 0 heterocycles. The van der Waals surface area contributed by atoms with E-state index in [4.69, 9.17) is 17.3 Å². The monoisotopic (exact) mass is 293 g/mol. The van der Waals surface area contributed by atoms with Crippen molar-refractivity contribution in [2.75, 3.05) is 5.73 Å². The standard InChI is InChI=1S/C15H16ClNOS/c1-10-3-5-14(7-11(10)2)19(18)9-12-8-13(17)4-6-15(12)16/h3-8H,9,17H2,1-2H3. The molecule has 0 aliphatic carbocycles. The van der Waals surface area contributed by atoms with Crippen molar-refractivity contribution >= 4 is 28.1 Å². The molecule has 0 fully saturated rings. The molecular weight excluding hydrogens is 278 g/mol. The first-order valence-corrected chi connectivity index (χ1v) is 7.66. The lowest BCUT2D eigenvalue weighted by Crippen LogP contribution is -1.99. The van der Waals surface area contributed by atoms with Crippen LogP contribution in [0.25, 0.3) is 0 Å². The van der Waals surface area contributed by atoms with Crippen molar-refractivity contribution in [1.82, 2.24) is 0 Å². The molecule has 0 radical (unpaired) electrons. The number of anilines is 1. The highest BCUT2D eigenvalue weighted by molar-refractivity contribution is 7.84. The lowest BCUT2D eigenvalue weighted by Gasteiger charge is -2.08. The largest absolute Gasteiger partial charge is 0.399 e. The zero-order chi connectivity index (χ0) is 14.0. The van der Waals surface area contributed by atoms with Crippen molar-refractivity contribution in [3.05, 3.63) is 58.1 Å². The number of hydrogen-bond donors (Lipinski definition) is 1. The van der Waals surface area contributed by atoms with E-state index < -0.39 is 10.8 Å². The maximum Gasteiger partial charge on any atom is 0.0574 e. The molecule has 1 atom stereocenters. The molecule has 0 aliphatic rings. The summed E-state index contributed by atoms with van der Waals surface area (Å²) in [4.78, 5) is 0.821. The SMILES string of the molecule is Cc1ccc(S(=O)Cc2cc(N)ccc2Cl)cc1C. The van der Waals surface area contributed by atoms with Crippen LogP contribution in [-0.2, 0) is 16.6 Å². The van der Waals surface area contributed by atoms with Gasteiger partial charge in [0, 0.05) is 15.6 Å². The van der Waals surface area contributed by atoms with Crippen LogP contribution in [0.2, 0.25) is 5.02 Å². The predicted octanol–water partition coefficient (Wildman–Crippen LogP) is 3.85. The number of benzene rings is 2. The quantitative estimate of drug-likeness (QED) is 0.874. The Morgan fingerprint density at radius 1 is 1.11 bits per heavy atom. The van der Waals surface area contributed by atoms with Gasteiger partial charge in [-0.2, -0.15) is 0 Å². The third-order valence-corrected chi connectivity index (χ3v) is 4.82. The first-order chi connectivity index (χ1) is 8.97. The van der Waals surface area contributed by atoms with E-state index in [9.17, 15) is 4.21 Å². The summed E-state index contributed by atoms with van der Waals surface area (Å²) in [5, 5.41) is 0.603. The molecular formula is C15H16ClNOS. The number of hydrogen-bond acceptors (Lipinski definition) is 2. The highest BCUT2D eigenvalue weighted by Crippen LogP contribution is 2.23. The fraction of sp³-hybridized carbons (Fsp3) is 0.200. The molecule has 2 aromatic rings. The van der Waals surface area contributed by atoms with Crippen LogP contribution >= 0.6 is 11.6 Å². The van der Waals surface area contributed by atoms with E-state index in [1.54, 1.807) is 18.2 Å². The Kier molecular flexibility index (Phi) is 4.27. The second kappa shape index (κ2) is 5.76. The van der Waals surface area contributed by atoms with Crippen molar-refractivity contribution < 1.29 is 4.21 Å². The van der Waals surface area contributed by atoms with Gasteiger partial charge in [-0.15, -0.1) is 0 Å². The van der Waals surface area contributed by atoms with Crippen LogP contribution in [0, 0.1) is 13.8 Å². The van der Waals surface area contributed by atoms with Gasteiger partial charge in [0.1, 0.15) is 0 Å². The molecule has 0 saturated carbocycles. The van der Waals surface area contributed by atoms with Crippen molar-refractivity contribution in [2.24, 2.45) is 0 Å². The number of nitrogen functional groups attached to an aromatic ring is 1. The minimum Gasteiger partial charge on any atom is -0.399 e. The summed E-state index contributed by atoms with van der Waals surface area (Å²) < 4.78 is 12.4. The van der Waals surface area contributed by atoms with E-state index in [0.29, 0.717) is 16.5 Å². The molecule has 4 heteroatoms. The Labute approximate surface area is 121 Å². The summed E-state index contributed by atoms with van der Waals surface area (Å²) in [5.41, 5.74) is 9.52. The molecule has 0 spiro atoms. The van der Waals surface area contributed by atoms with Crippen LogP contribution in [0.3, 0.4) is 0 Å². The van der Waals surface area contributed by atoms with E-state index in [0.717, 1.165) is 16.0 Å². The van der Waals surface area contributed by atoms with Gasteiger partial charge in [0.15, 0.2) is 0 Å². The second-order valence-electron chi connectivity index (χ2n) is 4.59. The highest BCUT2D eigenvalue weighted by Gasteiger charge is 2.09. The number of aryl methyl sites for hydroxylation is 2. The summed E-state index contributed by atoms with van der Waals surface area (Å²) in [6.07, 6.45) is 0. The van der Waals surface area contributed by atoms with Crippen molar-refractivity contribution in [2.45, 2.75) is 24.5 Å². The third-order valence-electron chi connectivity index (χ3n) is 3.10. The molecule has 0 aliphatic heterocycles. The average molecular weight is 294 g/mol. The molecule has 0 saturated heterocycles. The lowest BCUT2D eigenvalue weighted by molar-refractivity contribution is 0.682. The summed E-state index contributed by atoms with van der Waals surface area (Å²) in [7, 11) is -1.11. The van der Waals surface area contributed by atoms with Crippen molar-refractivity contribution in [1.29, 1.82) is 0 Å². The maximum absolute atomic E-state index is 12.4. The summed E-state index contributed by atoms with van der Waals surface area (Å²) in [6.45, 7) is 4.06. The van der Waals surface area contributed by atoms with Crippen LogP contribution in [0.4, 0.5) is 5.69 Å². The Bertz CT molecular complexity index is 640. The first-order valence-electron chi connectivity index (χ1n) is 5.97. The van der Waals surface area contributed by atoms with Crippen molar-refractivity contribution in [3.63, 3.8) is 0 Å². The Morgan fingerprint density at radius 2 is 1.84 bits per heavy atom. The fourth-order valence-corrected chi connectivity index (χ4v) is 3.26. The topological polar surface area (TPSA) is 43.1 Å². The zero-order valence-corrected chi connectivity index (χ0v) is 12.5. The molecule has 0 bridgehead atoms. The smallest absolute Gasteiger partial charge is 0.0574 e. The molecule has 19 heavy (non-hydrogen) atoms. The van der Waals surface area contributed by atoms with E-state index in [2.05, 4.69) is 0 Å². The van der Waals surface area contributed by atoms with Gasteiger partial charge in [-0.05, 0) is 60.9 Å². The van der Waals surface area contributed by atoms with Gasteiger partial charge in [-0.1, -0.05) is 17.7 Å². The lowest BCUT2D eigenvalue weighted by atomic mass is 10.1. The third kappa shape index (κ3) is 3.37. The molecule has 0 aromatic heterocycles.